The molecule has 33 heavy (non-hydrogen) atoms. The summed E-state index contributed by atoms with van der Waals surface area (Å²) in [7, 11) is 1.42. The third-order valence-corrected chi connectivity index (χ3v) is 7.46. The molecule has 7 atom stereocenters. The summed E-state index contributed by atoms with van der Waals surface area (Å²) in [6, 6.07) is 0. The highest BCUT2D eigenvalue weighted by Crippen LogP contribution is 2.52. The van der Waals surface area contributed by atoms with Gasteiger partial charge in [0.1, 0.15) is 6.17 Å². The van der Waals surface area contributed by atoms with E-state index < -0.39 is 12.3 Å². The first kappa shape index (κ1) is 26.0. The highest BCUT2D eigenvalue weighted by Gasteiger charge is 2.47. The quantitative estimate of drug-likeness (QED) is 0.213. The number of carbonyl (C=O) groups is 1. The van der Waals surface area contributed by atoms with Gasteiger partial charge in [0.2, 0.25) is 6.29 Å². The summed E-state index contributed by atoms with van der Waals surface area (Å²) in [6.45, 7) is 2.04. The minimum Gasteiger partial charge on any atom is -0.469 e. The SMILES string of the molecule is CCCCC(F)C(O)CCC1[C@H]2C/C(=C/CCCC(=O)OC)C[C@H]2C[C@H]1O[C@@H]1C=CC=CO1. The van der Waals surface area contributed by atoms with Crippen LogP contribution < -0.4 is 0 Å². The molecule has 0 aromatic carbocycles. The van der Waals surface area contributed by atoms with Crippen LogP contribution in [0.15, 0.2) is 36.1 Å². The lowest BCUT2D eigenvalue weighted by Crippen LogP contribution is -2.30. The second-order valence-electron chi connectivity index (χ2n) is 9.76. The molecule has 0 radical (unpaired) electrons. The highest BCUT2D eigenvalue weighted by atomic mass is 19.1. The van der Waals surface area contributed by atoms with Crippen LogP contribution in [-0.4, -0.2) is 42.9 Å². The Hall–Kier alpha value is -1.66. The van der Waals surface area contributed by atoms with Crippen molar-refractivity contribution < 1.29 is 28.5 Å². The zero-order chi connectivity index (χ0) is 23.6. The lowest BCUT2D eigenvalue weighted by atomic mass is 9.86. The van der Waals surface area contributed by atoms with E-state index in [1.807, 2.05) is 25.2 Å². The van der Waals surface area contributed by atoms with Crippen LogP contribution >= 0.6 is 0 Å². The van der Waals surface area contributed by atoms with Crippen LogP contribution in [-0.2, 0) is 19.0 Å². The molecule has 3 unspecified atom stereocenters. The Bertz CT molecular complexity index is 703. The van der Waals surface area contributed by atoms with Crippen LogP contribution in [0.2, 0.25) is 0 Å². The number of carbonyl (C=O) groups excluding carboxylic acids is 1. The van der Waals surface area contributed by atoms with Gasteiger partial charge in [-0.2, -0.15) is 0 Å². The minimum absolute atomic E-state index is 0.0583. The van der Waals surface area contributed by atoms with Gasteiger partial charge in [0.15, 0.2) is 0 Å². The van der Waals surface area contributed by atoms with Crippen molar-refractivity contribution in [2.75, 3.05) is 7.11 Å². The van der Waals surface area contributed by atoms with Gasteiger partial charge in [-0.15, -0.1) is 0 Å². The zero-order valence-corrected chi connectivity index (χ0v) is 20.2. The number of hydrogen-bond donors (Lipinski definition) is 1. The molecule has 0 spiro atoms. The number of methoxy groups -OCH3 is 1. The van der Waals surface area contributed by atoms with Crippen molar-refractivity contribution in [3.05, 3.63) is 36.1 Å². The fraction of sp³-hybridized carbons (Fsp3) is 0.741. The summed E-state index contributed by atoms with van der Waals surface area (Å²) in [4.78, 5) is 11.3. The van der Waals surface area contributed by atoms with E-state index >= 15 is 0 Å². The van der Waals surface area contributed by atoms with Crippen LogP contribution in [0.5, 0.6) is 0 Å². The van der Waals surface area contributed by atoms with Gasteiger partial charge in [0, 0.05) is 6.42 Å². The van der Waals surface area contributed by atoms with E-state index in [0.717, 1.165) is 51.4 Å². The Balaban J connectivity index is 1.57. The van der Waals surface area contributed by atoms with Crippen LogP contribution in [0.4, 0.5) is 4.39 Å². The fourth-order valence-corrected chi connectivity index (χ4v) is 5.68. The predicted molar refractivity (Wildman–Crippen MR) is 126 cm³/mol. The largest absolute Gasteiger partial charge is 0.469 e. The van der Waals surface area contributed by atoms with E-state index in [9.17, 15) is 14.3 Å². The monoisotopic (exact) mass is 464 g/mol. The molecule has 2 fully saturated rings. The maximum atomic E-state index is 14.4. The molecule has 5 nitrogen and oxygen atoms in total. The average molecular weight is 465 g/mol. The zero-order valence-electron chi connectivity index (χ0n) is 20.2. The Kier molecular flexibility index (Phi) is 10.4. The first-order valence-corrected chi connectivity index (χ1v) is 12.7. The van der Waals surface area contributed by atoms with Crippen LogP contribution in [0.1, 0.15) is 77.6 Å². The van der Waals surface area contributed by atoms with Crippen molar-refractivity contribution >= 4 is 5.97 Å². The van der Waals surface area contributed by atoms with Gasteiger partial charge in [-0.3, -0.25) is 4.79 Å². The lowest BCUT2D eigenvalue weighted by Gasteiger charge is -2.28. The number of halogens is 1. The third-order valence-electron chi connectivity index (χ3n) is 7.46. The first-order valence-electron chi connectivity index (χ1n) is 12.7. The molecule has 1 heterocycles. The predicted octanol–water partition coefficient (Wildman–Crippen LogP) is 5.78. The molecule has 0 saturated heterocycles. The molecule has 0 bridgehead atoms. The van der Waals surface area contributed by atoms with Gasteiger partial charge in [-0.1, -0.05) is 37.5 Å². The van der Waals surface area contributed by atoms with E-state index in [4.69, 9.17) is 14.2 Å². The third kappa shape index (κ3) is 7.68. The molecule has 3 rings (SSSR count). The fourth-order valence-electron chi connectivity index (χ4n) is 5.68. The molecule has 0 aromatic heterocycles. The lowest BCUT2D eigenvalue weighted by molar-refractivity contribution is -0.140. The van der Waals surface area contributed by atoms with Gasteiger partial charge in [0.05, 0.1) is 25.6 Å². The summed E-state index contributed by atoms with van der Waals surface area (Å²) in [5.41, 5.74) is 1.46. The summed E-state index contributed by atoms with van der Waals surface area (Å²) in [5.74, 6) is 1.17. The molecule has 2 saturated carbocycles. The summed E-state index contributed by atoms with van der Waals surface area (Å²) in [5, 5.41) is 10.4. The molecule has 3 aliphatic rings. The van der Waals surface area contributed by atoms with Gasteiger partial charge in [-0.25, -0.2) is 4.39 Å². The molecule has 2 aliphatic carbocycles. The Morgan fingerprint density at radius 3 is 2.88 bits per heavy atom. The Morgan fingerprint density at radius 2 is 2.15 bits per heavy atom. The molecule has 0 aromatic rings. The number of allylic oxidation sites excluding steroid dienone is 4. The van der Waals surface area contributed by atoms with Crippen molar-refractivity contribution in [2.24, 2.45) is 17.8 Å². The van der Waals surface area contributed by atoms with Gasteiger partial charge >= 0.3 is 5.97 Å². The number of aliphatic hydroxyl groups is 1. The number of alkyl halides is 1. The van der Waals surface area contributed by atoms with Gasteiger partial charge in [0.25, 0.3) is 0 Å². The number of esters is 1. The number of ether oxygens (including phenoxy) is 3. The molecule has 1 N–H and O–H groups in total. The summed E-state index contributed by atoms with van der Waals surface area (Å²) < 4.78 is 31.0. The minimum atomic E-state index is -1.15. The van der Waals surface area contributed by atoms with E-state index in [-0.39, 0.29) is 24.3 Å². The van der Waals surface area contributed by atoms with Crippen LogP contribution in [0.3, 0.4) is 0 Å². The van der Waals surface area contributed by atoms with Gasteiger partial charge in [-0.05, 0) is 81.3 Å². The molecular formula is C27H41FO5. The van der Waals surface area contributed by atoms with Crippen molar-refractivity contribution in [3.63, 3.8) is 0 Å². The Labute approximate surface area is 198 Å². The second-order valence-corrected chi connectivity index (χ2v) is 9.76. The average Bonchev–Trinajstić information content (AvgIpc) is 3.36. The van der Waals surface area contributed by atoms with E-state index in [2.05, 4.69) is 6.08 Å². The molecule has 186 valence electrons. The van der Waals surface area contributed by atoms with Crippen LogP contribution in [0.25, 0.3) is 0 Å². The van der Waals surface area contributed by atoms with Crippen molar-refractivity contribution in [2.45, 2.75) is 102 Å². The first-order chi connectivity index (χ1) is 16.0. The standard InChI is InChI=1S/C27H41FO5/c1-3-4-10-23(28)24(29)14-13-21-22-17-19(9-5-6-11-26(30)31-2)16-20(22)18-25(21)33-27-12-7-8-15-32-27/h7-9,12,15,20-25,27,29H,3-6,10-11,13-14,16-18H2,1-2H3/b19-9+/t20-,21?,22-,23?,24?,25+,27+/m0/s1. The number of aliphatic hydroxyl groups excluding tert-OH is 1. The van der Waals surface area contributed by atoms with Crippen molar-refractivity contribution in [1.29, 1.82) is 0 Å². The topological polar surface area (TPSA) is 65.0 Å². The van der Waals surface area contributed by atoms with E-state index in [1.165, 1.54) is 12.7 Å². The number of fused-ring (bicyclic) bond motifs is 1. The Morgan fingerprint density at radius 1 is 1.30 bits per heavy atom. The van der Waals surface area contributed by atoms with Gasteiger partial charge < -0.3 is 19.3 Å². The van der Waals surface area contributed by atoms with Crippen molar-refractivity contribution in [3.8, 4) is 0 Å². The normalized spacial score (nSPS) is 31.4. The maximum absolute atomic E-state index is 14.4. The number of hydrogen-bond acceptors (Lipinski definition) is 5. The second kappa shape index (κ2) is 13.3. The van der Waals surface area contributed by atoms with E-state index in [0.29, 0.717) is 31.1 Å². The summed E-state index contributed by atoms with van der Waals surface area (Å²) in [6.07, 6.45) is 15.9. The molecule has 6 heteroatoms. The number of rotatable bonds is 13. The van der Waals surface area contributed by atoms with Crippen LogP contribution in [0, 0.1) is 17.8 Å². The molecular weight excluding hydrogens is 423 g/mol. The van der Waals surface area contributed by atoms with E-state index in [1.54, 1.807) is 6.26 Å². The summed E-state index contributed by atoms with van der Waals surface area (Å²) >= 11 is 0. The smallest absolute Gasteiger partial charge is 0.305 e. The maximum Gasteiger partial charge on any atom is 0.305 e. The number of unbranched alkanes of at least 4 members (excludes halogenated alkanes) is 2. The van der Waals surface area contributed by atoms with Crippen molar-refractivity contribution in [1.82, 2.24) is 0 Å². The molecule has 1 aliphatic heterocycles. The highest BCUT2D eigenvalue weighted by molar-refractivity contribution is 5.69. The molecule has 0 amide bonds.